The summed E-state index contributed by atoms with van der Waals surface area (Å²) in [6.45, 7) is 5.87. The first-order chi connectivity index (χ1) is 9.54. The van der Waals surface area contributed by atoms with Crippen LogP contribution < -0.4 is 15.4 Å². The molecule has 6 heteroatoms. The van der Waals surface area contributed by atoms with Crippen LogP contribution in [0.2, 0.25) is 0 Å². The van der Waals surface area contributed by atoms with Crippen LogP contribution in [0.1, 0.15) is 19.4 Å². The van der Waals surface area contributed by atoms with Crippen molar-refractivity contribution < 1.29 is 9.53 Å². The van der Waals surface area contributed by atoms with E-state index >= 15 is 0 Å². The maximum Gasteiger partial charge on any atom is 0.325 e. The zero-order chi connectivity index (χ0) is 14.5. The number of nitrogens with one attached hydrogen (secondary N) is 2. The number of carbonyl (C=O) groups excluding carboxylic acids is 1. The van der Waals surface area contributed by atoms with Gasteiger partial charge in [-0.05, 0) is 38.5 Å². The monoisotopic (exact) mass is 291 g/mol. The predicted octanol–water partition coefficient (Wildman–Crippen LogP) is 3.88. The minimum atomic E-state index is -0.336. The van der Waals surface area contributed by atoms with Gasteiger partial charge in [-0.1, -0.05) is 6.07 Å². The summed E-state index contributed by atoms with van der Waals surface area (Å²) < 4.78 is 5.71. The van der Waals surface area contributed by atoms with Crippen LogP contribution in [0.15, 0.2) is 29.8 Å². The average molecular weight is 291 g/mol. The van der Waals surface area contributed by atoms with Crippen molar-refractivity contribution in [3.63, 3.8) is 0 Å². The number of ether oxygens (including phenoxy) is 1. The number of rotatable bonds is 4. The molecular weight excluding hydrogens is 274 g/mol. The number of hydrogen-bond donors (Lipinski definition) is 2. The van der Waals surface area contributed by atoms with Gasteiger partial charge in [0.25, 0.3) is 0 Å². The lowest BCUT2D eigenvalue weighted by Crippen LogP contribution is -2.20. The van der Waals surface area contributed by atoms with Gasteiger partial charge in [0.1, 0.15) is 5.75 Å². The Morgan fingerprint density at radius 3 is 2.80 bits per heavy atom. The van der Waals surface area contributed by atoms with Gasteiger partial charge in [-0.2, -0.15) is 0 Å². The molecular formula is C14H17N3O2S. The van der Waals surface area contributed by atoms with E-state index in [4.69, 9.17) is 4.74 Å². The number of hydrogen-bond acceptors (Lipinski definition) is 4. The molecule has 0 aliphatic carbocycles. The van der Waals surface area contributed by atoms with Crippen LogP contribution in [-0.4, -0.2) is 17.1 Å². The van der Waals surface area contributed by atoms with Crippen LogP contribution in [0, 0.1) is 6.92 Å². The molecule has 0 saturated heterocycles. The molecule has 1 heterocycles. The number of amides is 2. The van der Waals surface area contributed by atoms with Crippen molar-refractivity contribution in [3.05, 3.63) is 35.3 Å². The summed E-state index contributed by atoms with van der Waals surface area (Å²) in [6.07, 6.45) is 1.68. The number of urea groups is 1. The molecule has 20 heavy (non-hydrogen) atoms. The lowest BCUT2D eigenvalue weighted by molar-refractivity contribution is 0.242. The highest BCUT2D eigenvalue weighted by Gasteiger charge is 2.10. The first-order valence-corrected chi connectivity index (χ1v) is 7.17. The highest BCUT2D eigenvalue weighted by molar-refractivity contribution is 7.13. The molecule has 2 N–H and O–H groups in total. The Bertz CT molecular complexity index is 582. The number of aryl methyl sites for hydroxylation is 1. The molecule has 2 rings (SSSR count). The first kappa shape index (κ1) is 14.3. The fraction of sp³-hybridized carbons (Fsp3) is 0.286. The van der Waals surface area contributed by atoms with Gasteiger partial charge < -0.3 is 10.1 Å². The van der Waals surface area contributed by atoms with E-state index in [1.165, 1.54) is 11.3 Å². The maximum atomic E-state index is 11.9. The number of aromatic nitrogens is 1. The van der Waals surface area contributed by atoms with Crippen LogP contribution in [0.5, 0.6) is 5.75 Å². The van der Waals surface area contributed by atoms with Crippen LogP contribution in [0.3, 0.4) is 0 Å². The molecule has 0 atom stereocenters. The molecule has 106 valence electrons. The van der Waals surface area contributed by atoms with Crippen molar-refractivity contribution in [2.24, 2.45) is 0 Å². The number of anilines is 2. The summed E-state index contributed by atoms with van der Waals surface area (Å²) in [7, 11) is 0. The fourth-order valence-electron chi connectivity index (χ4n) is 1.62. The Hall–Kier alpha value is -2.08. The molecule has 1 aromatic heterocycles. The molecule has 0 aliphatic rings. The fourth-order valence-corrected chi connectivity index (χ4v) is 2.14. The van der Waals surface area contributed by atoms with Gasteiger partial charge in [0.15, 0.2) is 5.13 Å². The van der Waals surface area contributed by atoms with Crippen molar-refractivity contribution in [2.45, 2.75) is 26.9 Å². The second-order valence-electron chi connectivity index (χ2n) is 4.58. The van der Waals surface area contributed by atoms with E-state index in [-0.39, 0.29) is 12.1 Å². The Morgan fingerprint density at radius 2 is 2.15 bits per heavy atom. The van der Waals surface area contributed by atoms with Gasteiger partial charge in [-0.3, -0.25) is 5.32 Å². The largest absolute Gasteiger partial charge is 0.489 e. The summed E-state index contributed by atoms with van der Waals surface area (Å²) in [5.41, 5.74) is 1.71. The van der Waals surface area contributed by atoms with E-state index in [1.54, 1.807) is 11.6 Å². The van der Waals surface area contributed by atoms with Crippen molar-refractivity contribution in [1.82, 2.24) is 4.98 Å². The van der Waals surface area contributed by atoms with Crippen molar-refractivity contribution in [1.29, 1.82) is 0 Å². The van der Waals surface area contributed by atoms with Gasteiger partial charge in [0.2, 0.25) is 0 Å². The van der Waals surface area contributed by atoms with Gasteiger partial charge in [0.05, 0.1) is 11.8 Å². The summed E-state index contributed by atoms with van der Waals surface area (Å²) in [6, 6.07) is 5.32. The van der Waals surface area contributed by atoms with E-state index in [2.05, 4.69) is 15.6 Å². The van der Waals surface area contributed by atoms with Crippen molar-refractivity contribution >= 4 is 28.2 Å². The zero-order valence-electron chi connectivity index (χ0n) is 11.6. The van der Waals surface area contributed by atoms with Crippen LogP contribution >= 0.6 is 11.3 Å². The third-order valence-electron chi connectivity index (χ3n) is 2.40. The van der Waals surface area contributed by atoms with Crippen LogP contribution in [0.25, 0.3) is 0 Å². The smallest absolute Gasteiger partial charge is 0.325 e. The topological polar surface area (TPSA) is 63.2 Å². The molecule has 0 bridgehead atoms. The molecule has 0 unspecified atom stereocenters. The minimum absolute atomic E-state index is 0.0411. The SMILES string of the molecule is Cc1ccc(NC(=O)Nc2nccs2)c(OC(C)C)c1. The Morgan fingerprint density at radius 1 is 1.35 bits per heavy atom. The van der Waals surface area contributed by atoms with Gasteiger partial charge >= 0.3 is 6.03 Å². The van der Waals surface area contributed by atoms with Crippen LogP contribution in [0.4, 0.5) is 15.6 Å². The minimum Gasteiger partial charge on any atom is -0.489 e. The molecule has 2 amide bonds. The normalized spacial score (nSPS) is 10.4. The third-order valence-corrected chi connectivity index (χ3v) is 3.09. The second kappa shape index (κ2) is 6.38. The summed E-state index contributed by atoms with van der Waals surface area (Å²) in [4.78, 5) is 15.9. The lowest BCUT2D eigenvalue weighted by atomic mass is 10.2. The molecule has 0 saturated carbocycles. The van der Waals surface area contributed by atoms with Gasteiger partial charge in [-0.15, -0.1) is 11.3 Å². The van der Waals surface area contributed by atoms with E-state index in [0.29, 0.717) is 16.6 Å². The number of benzene rings is 1. The van der Waals surface area contributed by atoms with Crippen molar-refractivity contribution in [2.75, 3.05) is 10.6 Å². The molecule has 0 radical (unpaired) electrons. The Kier molecular flexibility index (Phi) is 4.57. The molecule has 0 fully saturated rings. The highest BCUT2D eigenvalue weighted by atomic mass is 32.1. The molecule has 0 spiro atoms. The highest BCUT2D eigenvalue weighted by Crippen LogP contribution is 2.27. The zero-order valence-corrected chi connectivity index (χ0v) is 12.5. The molecule has 2 aromatic rings. The average Bonchev–Trinajstić information content (AvgIpc) is 2.84. The summed E-state index contributed by atoms with van der Waals surface area (Å²) in [5.74, 6) is 0.661. The molecule has 0 aliphatic heterocycles. The standard InChI is InChI=1S/C14H17N3O2S/c1-9(2)19-12-8-10(3)4-5-11(12)16-13(18)17-14-15-6-7-20-14/h4-9H,1-3H3,(H2,15,16,17,18). The Labute approximate surface area is 122 Å². The van der Waals surface area contributed by atoms with Gasteiger partial charge in [0, 0.05) is 11.6 Å². The second-order valence-corrected chi connectivity index (χ2v) is 5.48. The van der Waals surface area contributed by atoms with Crippen LogP contribution in [-0.2, 0) is 0 Å². The lowest BCUT2D eigenvalue weighted by Gasteiger charge is -2.15. The number of thiazole rings is 1. The predicted molar refractivity (Wildman–Crippen MR) is 81.7 cm³/mol. The van der Waals surface area contributed by atoms with E-state index in [9.17, 15) is 4.79 Å². The van der Waals surface area contributed by atoms with Crippen molar-refractivity contribution in [3.8, 4) is 5.75 Å². The maximum absolute atomic E-state index is 11.9. The summed E-state index contributed by atoms with van der Waals surface area (Å²) >= 11 is 1.36. The number of nitrogens with zero attached hydrogens (tertiary/aromatic N) is 1. The Balaban J connectivity index is 2.09. The third kappa shape index (κ3) is 3.96. The quantitative estimate of drug-likeness (QED) is 0.898. The van der Waals surface area contributed by atoms with E-state index < -0.39 is 0 Å². The van der Waals surface area contributed by atoms with Gasteiger partial charge in [-0.25, -0.2) is 9.78 Å². The van der Waals surface area contributed by atoms with E-state index in [0.717, 1.165) is 5.56 Å². The first-order valence-electron chi connectivity index (χ1n) is 6.29. The summed E-state index contributed by atoms with van der Waals surface area (Å²) in [5, 5.41) is 7.80. The number of carbonyl (C=O) groups is 1. The van der Waals surface area contributed by atoms with E-state index in [1.807, 2.05) is 39.0 Å². The molecule has 5 nitrogen and oxygen atoms in total. The molecule has 1 aromatic carbocycles.